The van der Waals surface area contributed by atoms with E-state index in [1.54, 1.807) is 27.7 Å². The number of primary amides is 1. The van der Waals surface area contributed by atoms with Gasteiger partial charge in [-0.2, -0.15) is 13.2 Å². The standard InChI is InChI=1S/C25H39F3N4O6/c1-9-10-13(16(33)18(29)34)30-19(35)15-14-12(23(14,5)6)11-32(15)20(36)17(22(2,3)4)31-21(37)38-24(7,8)25(26,27)28/h12-15,17H,9-11H2,1-8H3,(H2,29,34)(H,30,35)(H,31,37)/t12-,13-,14-,15-,17+/m0/s1. The fraction of sp³-hybridized carbons (Fsp3) is 0.800. The number of amides is 4. The summed E-state index contributed by atoms with van der Waals surface area (Å²) < 4.78 is 44.3. The Bertz CT molecular complexity index is 989. The number of ether oxygens (including phenoxy) is 1. The number of hydrogen-bond acceptors (Lipinski definition) is 6. The van der Waals surface area contributed by atoms with E-state index in [0.29, 0.717) is 20.3 Å². The van der Waals surface area contributed by atoms with Crippen LogP contribution >= 0.6 is 0 Å². The minimum atomic E-state index is -4.84. The molecule has 2 rings (SSSR count). The molecule has 216 valence electrons. The van der Waals surface area contributed by atoms with Crippen LogP contribution in [0, 0.1) is 22.7 Å². The van der Waals surface area contributed by atoms with Crippen molar-refractivity contribution in [1.82, 2.24) is 15.5 Å². The number of likely N-dealkylation sites (tertiary alicyclic amines) is 1. The number of nitrogens with two attached hydrogens (primary N) is 1. The smallest absolute Gasteiger partial charge is 0.427 e. The highest BCUT2D eigenvalue weighted by Crippen LogP contribution is 2.65. The zero-order chi connectivity index (χ0) is 29.6. The number of nitrogens with zero attached hydrogens (tertiary/aromatic N) is 1. The Balaban J connectivity index is 2.32. The molecule has 0 spiro atoms. The Morgan fingerprint density at radius 3 is 2.05 bits per heavy atom. The average molecular weight is 549 g/mol. The van der Waals surface area contributed by atoms with Gasteiger partial charge in [0.05, 0.1) is 6.04 Å². The summed E-state index contributed by atoms with van der Waals surface area (Å²) in [4.78, 5) is 64.7. The summed E-state index contributed by atoms with van der Waals surface area (Å²) in [5.41, 5.74) is 1.08. The van der Waals surface area contributed by atoms with Crippen LogP contribution in [0.2, 0.25) is 0 Å². The zero-order valence-electron chi connectivity index (χ0n) is 23.1. The molecule has 4 N–H and O–H groups in total. The topological polar surface area (TPSA) is 148 Å². The van der Waals surface area contributed by atoms with Crippen LogP contribution in [0.1, 0.15) is 68.2 Å². The van der Waals surface area contributed by atoms with E-state index in [2.05, 4.69) is 15.4 Å². The first-order valence-electron chi connectivity index (χ1n) is 12.6. The predicted molar refractivity (Wildman–Crippen MR) is 130 cm³/mol. The summed E-state index contributed by atoms with van der Waals surface area (Å²) in [7, 11) is 0. The second kappa shape index (κ2) is 10.4. The molecule has 0 bridgehead atoms. The van der Waals surface area contributed by atoms with E-state index < -0.39 is 64.9 Å². The molecule has 0 unspecified atom stereocenters. The van der Waals surface area contributed by atoms with Gasteiger partial charge in [0.2, 0.25) is 23.2 Å². The van der Waals surface area contributed by atoms with Crippen LogP contribution in [0.4, 0.5) is 18.0 Å². The maximum atomic E-state index is 13.7. The molecule has 2 fully saturated rings. The molecular weight excluding hydrogens is 509 g/mol. The van der Waals surface area contributed by atoms with Crippen LogP contribution in [-0.2, 0) is 23.9 Å². The summed E-state index contributed by atoms with van der Waals surface area (Å²) >= 11 is 0. The lowest BCUT2D eigenvalue weighted by Gasteiger charge is -2.38. The van der Waals surface area contributed by atoms with Gasteiger partial charge in [0.15, 0.2) is 0 Å². The summed E-state index contributed by atoms with van der Waals surface area (Å²) in [5.74, 6) is -3.75. The highest BCUT2D eigenvalue weighted by atomic mass is 19.4. The molecule has 4 amide bonds. The van der Waals surface area contributed by atoms with Crippen molar-refractivity contribution in [3.05, 3.63) is 0 Å². The maximum Gasteiger partial charge on any atom is 0.427 e. The molecule has 1 aliphatic heterocycles. The third-order valence-electron chi connectivity index (χ3n) is 7.62. The van der Waals surface area contributed by atoms with Crippen LogP contribution in [0.5, 0.6) is 0 Å². The Kier molecular flexibility index (Phi) is 8.55. The minimum absolute atomic E-state index is 0.0459. The van der Waals surface area contributed by atoms with Crippen molar-refractivity contribution in [2.45, 2.75) is 98.1 Å². The fourth-order valence-electron chi connectivity index (χ4n) is 5.05. The van der Waals surface area contributed by atoms with Gasteiger partial charge in [-0.15, -0.1) is 0 Å². The molecule has 13 heteroatoms. The molecular formula is C25H39F3N4O6. The number of ketones is 1. The zero-order valence-corrected chi connectivity index (χ0v) is 23.1. The number of carbonyl (C=O) groups excluding carboxylic acids is 5. The normalized spacial score (nSPS) is 24.1. The van der Waals surface area contributed by atoms with Crippen molar-refractivity contribution < 1.29 is 41.9 Å². The average Bonchev–Trinajstić information content (AvgIpc) is 3.07. The quantitative estimate of drug-likeness (QED) is 0.377. The summed E-state index contributed by atoms with van der Waals surface area (Å²) in [5, 5.41) is 4.83. The van der Waals surface area contributed by atoms with Gasteiger partial charge in [0.1, 0.15) is 12.1 Å². The molecule has 10 nitrogen and oxygen atoms in total. The number of rotatable bonds is 9. The van der Waals surface area contributed by atoms with Crippen molar-refractivity contribution in [3.8, 4) is 0 Å². The summed E-state index contributed by atoms with van der Waals surface area (Å²) in [6.07, 6.45) is -5.63. The van der Waals surface area contributed by atoms with Gasteiger partial charge in [0.25, 0.3) is 5.91 Å². The number of alkyl carbamates (subject to hydrolysis) is 1. The van der Waals surface area contributed by atoms with E-state index in [0.717, 1.165) is 0 Å². The highest BCUT2D eigenvalue weighted by molar-refractivity contribution is 6.37. The number of hydrogen-bond donors (Lipinski definition) is 3. The number of halogens is 3. The molecule has 2 aliphatic rings. The first-order chi connectivity index (χ1) is 17.1. The van der Waals surface area contributed by atoms with Crippen molar-refractivity contribution >= 4 is 29.6 Å². The van der Waals surface area contributed by atoms with E-state index in [1.807, 2.05) is 13.8 Å². The highest BCUT2D eigenvalue weighted by Gasteiger charge is 2.70. The van der Waals surface area contributed by atoms with E-state index in [1.165, 1.54) is 4.90 Å². The van der Waals surface area contributed by atoms with Gasteiger partial charge < -0.3 is 26.0 Å². The number of nitrogens with one attached hydrogen (secondary N) is 2. The lowest BCUT2D eigenvalue weighted by atomic mass is 9.85. The first-order valence-corrected chi connectivity index (χ1v) is 12.6. The molecule has 38 heavy (non-hydrogen) atoms. The molecule has 1 saturated heterocycles. The summed E-state index contributed by atoms with van der Waals surface area (Å²) in [6.45, 7) is 12.0. The van der Waals surface area contributed by atoms with E-state index in [9.17, 15) is 37.1 Å². The van der Waals surface area contributed by atoms with Gasteiger partial charge in [-0.3, -0.25) is 19.2 Å². The van der Waals surface area contributed by atoms with Gasteiger partial charge in [-0.05, 0) is 42.9 Å². The number of Topliss-reactive ketones (excluding diaryl/α,β-unsaturated/α-hetero) is 1. The van der Waals surface area contributed by atoms with Crippen LogP contribution in [0.25, 0.3) is 0 Å². The van der Waals surface area contributed by atoms with Gasteiger partial charge in [0, 0.05) is 6.54 Å². The van der Waals surface area contributed by atoms with E-state index >= 15 is 0 Å². The van der Waals surface area contributed by atoms with E-state index in [4.69, 9.17) is 5.73 Å². The van der Waals surface area contributed by atoms with Crippen LogP contribution in [0.3, 0.4) is 0 Å². The largest absolute Gasteiger partial charge is 0.434 e. The van der Waals surface area contributed by atoms with Crippen molar-refractivity contribution in [1.29, 1.82) is 0 Å². The molecule has 1 aliphatic carbocycles. The van der Waals surface area contributed by atoms with Crippen LogP contribution < -0.4 is 16.4 Å². The number of alkyl halides is 3. The first kappa shape index (κ1) is 31.4. The summed E-state index contributed by atoms with van der Waals surface area (Å²) in [6, 6.07) is -3.50. The Morgan fingerprint density at radius 2 is 1.61 bits per heavy atom. The van der Waals surface area contributed by atoms with Crippen molar-refractivity contribution in [2.24, 2.45) is 28.4 Å². The molecule has 1 heterocycles. The number of piperidine rings is 1. The molecule has 0 aromatic carbocycles. The number of fused-ring (bicyclic) bond motifs is 1. The van der Waals surface area contributed by atoms with Gasteiger partial charge >= 0.3 is 12.3 Å². The third kappa shape index (κ3) is 6.23. The van der Waals surface area contributed by atoms with E-state index in [-0.39, 0.29) is 30.2 Å². The lowest BCUT2D eigenvalue weighted by Crippen LogP contribution is -2.61. The molecule has 5 atom stereocenters. The van der Waals surface area contributed by atoms with Crippen molar-refractivity contribution in [3.63, 3.8) is 0 Å². The monoisotopic (exact) mass is 548 g/mol. The third-order valence-corrected chi connectivity index (χ3v) is 7.62. The fourth-order valence-corrected chi connectivity index (χ4v) is 5.05. The SMILES string of the molecule is CCC[C@H](NC(=O)[C@@H]1[C@@H]2[C@H](CN1C(=O)[C@@H](NC(=O)OC(C)(C)C(F)(F)F)C(C)(C)C)C2(C)C)C(=O)C(N)=O. The van der Waals surface area contributed by atoms with Crippen molar-refractivity contribution in [2.75, 3.05) is 6.54 Å². The molecule has 0 aromatic rings. The van der Waals surface area contributed by atoms with Gasteiger partial charge in [-0.1, -0.05) is 48.0 Å². The Hall–Kier alpha value is -2.86. The predicted octanol–water partition coefficient (Wildman–Crippen LogP) is 2.29. The Labute approximate surface area is 220 Å². The maximum absolute atomic E-state index is 13.7. The second-order valence-corrected chi connectivity index (χ2v) is 12.3. The van der Waals surface area contributed by atoms with Crippen LogP contribution in [0.15, 0.2) is 0 Å². The molecule has 0 aromatic heterocycles. The second-order valence-electron chi connectivity index (χ2n) is 12.3. The lowest BCUT2D eigenvalue weighted by molar-refractivity contribution is -0.244. The number of carbonyl (C=O) groups is 5. The molecule has 0 radical (unpaired) electrons. The minimum Gasteiger partial charge on any atom is -0.434 e. The Morgan fingerprint density at radius 1 is 1.05 bits per heavy atom. The van der Waals surface area contributed by atoms with Gasteiger partial charge in [-0.25, -0.2) is 4.79 Å². The molecule has 1 saturated carbocycles. The van der Waals surface area contributed by atoms with Crippen LogP contribution in [-0.4, -0.2) is 70.9 Å².